The highest BCUT2D eigenvalue weighted by Crippen LogP contribution is 2.39. The molecular weight excluding hydrogens is 360 g/mol. The molecule has 2 aromatic heterocycles. The second-order valence-electron chi connectivity index (χ2n) is 5.86. The van der Waals surface area contributed by atoms with Gasteiger partial charge in [0.1, 0.15) is 15.7 Å². The number of anilines is 1. The minimum Gasteiger partial charge on any atom is -0.312 e. The fraction of sp³-hybridized carbons (Fsp3) is 0.0476. The third kappa shape index (κ3) is 3.45. The minimum absolute atomic E-state index is 0.119. The lowest BCUT2D eigenvalue weighted by Gasteiger charge is -2.04. The molecule has 128 valence electrons. The van der Waals surface area contributed by atoms with E-state index in [-0.39, 0.29) is 5.91 Å². The van der Waals surface area contributed by atoms with E-state index in [9.17, 15) is 4.79 Å². The van der Waals surface area contributed by atoms with Gasteiger partial charge in [-0.05, 0) is 30.5 Å². The van der Waals surface area contributed by atoms with Crippen LogP contribution in [0.2, 0.25) is 0 Å². The molecule has 0 aliphatic carbocycles. The first-order chi connectivity index (χ1) is 12.7. The van der Waals surface area contributed by atoms with Crippen molar-refractivity contribution in [3.8, 4) is 21.1 Å². The number of aromatic nitrogens is 1. The minimum atomic E-state index is -0.119. The molecule has 1 N–H and O–H groups in total. The van der Waals surface area contributed by atoms with Crippen LogP contribution in [0.5, 0.6) is 0 Å². The zero-order valence-corrected chi connectivity index (χ0v) is 15.7. The average Bonchev–Trinajstić information content (AvgIpc) is 3.32. The van der Waals surface area contributed by atoms with Crippen LogP contribution >= 0.6 is 22.7 Å². The number of nitrogens with zero attached hydrogens (tertiary/aromatic N) is 1. The molecule has 0 bridgehead atoms. The van der Waals surface area contributed by atoms with E-state index in [0.717, 1.165) is 31.7 Å². The number of benzene rings is 2. The van der Waals surface area contributed by atoms with Gasteiger partial charge in [0.05, 0.1) is 4.88 Å². The van der Waals surface area contributed by atoms with Gasteiger partial charge in [-0.25, -0.2) is 4.98 Å². The molecule has 0 aliphatic rings. The molecule has 26 heavy (non-hydrogen) atoms. The van der Waals surface area contributed by atoms with E-state index < -0.39 is 0 Å². The third-order valence-electron chi connectivity index (χ3n) is 3.94. The van der Waals surface area contributed by atoms with Crippen LogP contribution in [0.15, 0.2) is 72.1 Å². The number of carbonyl (C=O) groups is 1. The number of carbonyl (C=O) groups excluding carboxylic acids is 1. The maximum absolute atomic E-state index is 12.7. The molecule has 0 spiro atoms. The molecule has 0 unspecified atom stereocenters. The number of hydrogen-bond acceptors (Lipinski definition) is 4. The normalized spacial score (nSPS) is 10.7. The van der Waals surface area contributed by atoms with Gasteiger partial charge in [-0.1, -0.05) is 65.4 Å². The highest BCUT2D eigenvalue weighted by molar-refractivity contribution is 7.20. The number of thiazole rings is 1. The SMILES string of the molecule is Cc1ccc(C(=O)Nc2sc(-c3ccccc3)nc2-c2cccs2)cc1. The highest BCUT2D eigenvalue weighted by atomic mass is 32.1. The summed E-state index contributed by atoms with van der Waals surface area (Å²) in [5, 5.41) is 6.74. The van der Waals surface area contributed by atoms with Crippen molar-refractivity contribution < 1.29 is 4.79 Å². The molecule has 0 aliphatic heterocycles. The molecule has 2 heterocycles. The predicted molar refractivity (Wildman–Crippen MR) is 110 cm³/mol. The lowest BCUT2D eigenvalue weighted by molar-refractivity contribution is 0.102. The van der Waals surface area contributed by atoms with Gasteiger partial charge in [-0.2, -0.15) is 0 Å². The van der Waals surface area contributed by atoms with Crippen molar-refractivity contribution in [1.82, 2.24) is 4.98 Å². The number of hydrogen-bond donors (Lipinski definition) is 1. The molecule has 0 radical (unpaired) electrons. The molecule has 0 saturated heterocycles. The van der Waals surface area contributed by atoms with Crippen LogP contribution in [0.25, 0.3) is 21.1 Å². The van der Waals surface area contributed by atoms with Crippen molar-refractivity contribution in [2.75, 3.05) is 5.32 Å². The van der Waals surface area contributed by atoms with E-state index in [1.165, 1.54) is 11.3 Å². The third-order valence-corrected chi connectivity index (χ3v) is 5.84. The van der Waals surface area contributed by atoms with Crippen LogP contribution in [-0.4, -0.2) is 10.9 Å². The number of amides is 1. The zero-order valence-electron chi connectivity index (χ0n) is 14.1. The fourth-order valence-electron chi connectivity index (χ4n) is 2.57. The quantitative estimate of drug-likeness (QED) is 0.467. The van der Waals surface area contributed by atoms with Crippen LogP contribution in [0, 0.1) is 6.92 Å². The first-order valence-electron chi connectivity index (χ1n) is 8.19. The topological polar surface area (TPSA) is 42.0 Å². The molecule has 5 heteroatoms. The van der Waals surface area contributed by atoms with Crippen molar-refractivity contribution in [1.29, 1.82) is 0 Å². The van der Waals surface area contributed by atoms with Gasteiger partial charge < -0.3 is 5.32 Å². The Hall–Kier alpha value is -2.76. The first-order valence-corrected chi connectivity index (χ1v) is 9.88. The second kappa shape index (κ2) is 7.23. The summed E-state index contributed by atoms with van der Waals surface area (Å²) in [6.07, 6.45) is 0. The fourth-order valence-corrected chi connectivity index (χ4v) is 4.33. The van der Waals surface area contributed by atoms with Crippen molar-refractivity contribution in [2.24, 2.45) is 0 Å². The van der Waals surface area contributed by atoms with E-state index in [4.69, 9.17) is 4.98 Å². The van der Waals surface area contributed by atoms with Gasteiger partial charge in [-0.15, -0.1) is 11.3 Å². The second-order valence-corrected chi connectivity index (χ2v) is 7.81. The van der Waals surface area contributed by atoms with Crippen LogP contribution in [0.4, 0.5) is 5.00 Å². The standard InChI is InChI=1S/C21H16N2OS2/c1-14-9-11-15(12-10-14)19(24)23-21-18(17-8-5-13-25-17)22-20(26-21)16-6-3-2-4-7-16/h2-13H,1H3,(H,23,24). The number of thiophene rings is 1. The Labute approximate surface area is 160 Å². The average molecular weight is 377 g/mol. The Bertz CT molecular complexity index is 1020. The van der Waals surface area contributed by atoms with Crippen molar-refractivity contribution in [2.45, 2.75) is 6.92 Å². The van der Waals surface area contributed by atoms with E-state index in [1.807, 2.05) is 79.0 Å². The molecule has 2 aromatic carbocycles. The summed E-state index contributed by atoms with van der Waals surface area (Å²) in [5.41, 5.74) is 3.64. The summed E-state index contributed by atoms with van der Waals surface area (Å²) < 4.78 is 0. The van der Waals surface area contributed by atoms with Gasteiger partial charge in [0.2, 0.25) is 0 Å². The highest BCUT2D eigenvalue weighted by Gasteiger charge is 2.18. The molecule has 4 rings (SSSR count). The largest absolute Gasteiger partial charge is 0.312 e. The molecule has 0 atom stereocenters. The molecule has 4 aromatic rings. The summed E-state index contributed by atoms with van der Waals surface area (Å²) in [5.74, 6) is -0.119. The van der Waals surface area contributed by atoms with Gasteiger partial charge >= 0.3 is 0 Å². The van der Waals surface area contributed by atoms with Crippen LogP contribution in [0.3, 0.4) is 0 Å². The number of nitrogens with one attached hydrogen (secondary N) is 1. The lowest BCUT2D eigenvalue weighted by atomic mass is 10.1. The van der Waals surface area contributed by atoms with E-state index in [2.05, 4.69) is 5.32 Å². The number of aryl methyl sites for hydroxylation is 1. The van der Waals surface area contributed by atoms with Gasteiger partial charge in [0.25, 0.3) is 5.91 Å². The van der Waals surface area contributed by atoms with Gasteiger partial charge in [-0.3, -0.25) is 4.79 Å². The Kier molecular flexibility index (Phi) is 4.65. The summed E-state index contributed by atoms with van der Waals surface area (Å²) >= 11 is 3.12. The van der Waals surface area contributed by atoms with Gasteiger partial charge in [0.15, 0.2) is 0 Å². The van der Waals surface area contributed by atoms with Gasteiger partial charge in [0, 0.05) is 11.1 Å². The molecule has 1 amide bonds. The van der Waals surface area contributed by atoms with E-state index in [1.54, 1.807) is 11.3 Å². The summed E-state index contributed by atoms with van der Waals surface area (Å²) in [6, 6.07) is 21.6. The summed E-state index contributed by atoms with van der Waals surface area (Å²) in [6.45, 7) is 2.01. The molecule has 0 fully saturated rings. The Morgan fingerprint density at radius 3 is 2.42 bits per heavy atom. The van der Waals surface area contributed by atoms with Crippen molar-refractivity contribution >= 4 is 33.6 Å². The Morgan fingerprint density at radius 1 is 0.962 bits per heavy atom. The first kappa shape index (κ1) is 16.7. The molecular formula is C21H16N2OS2. The van der Waals surface area contributed by atoms with E-state index >= 15 is 0 Å². The summed E-state index contributed by atoms with van der Waals surface area (Å²) in [7, 11) is 0. The van der Waals surface area contributed by atoms with E-state index in [0.29, 0.717) is 5.56 Å². The lowest BCUT2D eigenvalue weighted by Crippen LogP contribution is -2.11. The predicted octanol–water partition coefficient (Wildman–Crippen LogP) is 6.10. The van der Waals surface area contributed by atoms with Crippen LogP contribution in [-0.2, 0) is 0 Å². The van der Waals surface area contributed by atoms with Crippen LogP contribution in [0.1, 0.15) is 15.9 Å². The molecule has 0 saturated carbocycles. The van der Waals surface area contributed by atoms with Crippen LogP contribution < -0.4 is 5.32 Å². The Morgan fingerprint density at radius 2 is 1.73 bits per heavy atom. The maximum Gasteiger partial charge on any atom is 0.256 e. The monoisotopic (exact) mass is 376 g/mol. The molecule has 3 nitrogen and oxygen atoms in total. The van der Waals surface area contributed by atoms with Crippen molar-refractivity contribution in [3.63, 3.8) is 0 Å². The Balaban J connectivity index is 1.71. The van der Waals surface area contributed by atoms with Crippen molar-refractivity contribution in [3.05, 3.63) is 83.2 Å². The zero-order chi connectivity index (χ0) is 17.9. The number of rotatable bonds is 4. The summed E-state index contributed by atoms with van der Waals surface area (Å²) in [4.78, 5) is 18.5. The smallest absolute Gasteiger partial charge is 0.256 e. The maximum atomic E-state index is 12.7.